The third kappa shape index (κ3) is 4.57. The summed E-state index contributed by atoms with van der Waals surface area (Å²) in [5.74, 6) is 0.691. The summed E-state index contributed by atoms with van der Waals surface area (Å²) in [4.78, 5) is 2.28. The average molecular weight is 228 g/mol. The van der Waals surface area contributed by atoms with Gasteiger partial charge in [-0.25, -0.2) is 0 Å². The van der Waals surface area contributed by atoms with Crippen molar-refractivity contribution in [1.82, 2.24) is 15.1 Å². The number of nitrogens with one attached hydrogen (secondary N) is 1. The number of rotatable bonds is 6. The molecule has 0 unspecified atom stereocenters. The summed E-state index contributed by atoms with van der Waals surface area (Å²) in [6, 6.07) is 0. The predicted octanol–water partition coefficient (Wildman–Crippen LogP) is 2.06. The molecule has 1 rings (SSSR count). The summed E-state index contributed by atoms with van der Waals surface area (Å²) < 4.78 is 0. The highest BCUT2D eigenvalue weighted by Gasteiger charge is 2.07. The van der Waals surface area contributed by atoms with E-state index in [0.717, 1.165) is 29.8 Å². The van der Waals surface area contributed by atoms with Gasteiger partial charge in [-0.05, 0) is 19.9 Å². The molecular formula is C10H20N4S. The van der Waals surface area contributed by atoms with Crippen molar-refractivity contribution in [3.8, 4) is 0 Å². The first-order valence-electron chi connectivity index (χ1n) is 5.36. The molecule has 0 radical (unpaired) electrons. The van der Waals surface area contributed by atoms with Gasteiger partial charge in [-0.3, -0.25) is 4.90 Å². The Hall–Kier alpha value is -0.680. The van der Waals surface area contributed by atoms with Gasteiger partial charge in [0, 0.05) is 13.1 Å². The van der Waals surface area contributed by atoms with Crippen LogP contribution in [0.5, 0.6) is 0 Å². The molecule has 4 nitrogen and oxygen atoms in total. The maximum Gasteiger partial charge on any atom is 0.205 e. The van der Waals surface area contributed by atoms with Gasteiger partial charge in [0.1, 0.15) is 5.01 Å². The normalized spacial score (nSPS) is 11.3. The summed E-state index contributed by atoms with van der Waals surface area (Å²) >= 11 is 1.64. The first kappa shape index (κ1) is 12.4. The van der Waals surface area contributed by atoms with E-state index in [0.29, 0.717) is 5.92 Å². The summed E-state index contributed by atoms with van der Waals surface area (Å²) in [6.45, 7) is 9.39. The van der Waals surface area contributed by atoms with Gasteiger partial charge < -0.3 is 5.32 Å². The molecule has 15 heavy (non-hydrogen) atoms. The molecule has 0 amide bonds. The lowest BCUT2D eigenvalue weighted by atomic mass is 10.2. The van der Waals surface area contributed by atoms with E-state index in [4.69, 9.17) is 0 Å². The van der Waals surface area contributed by atoms with Crippen LogP contribution in [-0.4, -0.2) is 35.2 Å². The molecule has 0 saturated carbocycles. The van der Waals surface area contributed by atoms with Crippen molar-refractivity contribution in [3.05, 3.63) is 5.01 Å². The van der Waals surface area contributed by atoms with Crippen molar-refractivity contribution in [1.29, 1.82) is 0 Å². The van der Waals surface area contributed by atoms with Crippen LogP contribution in [0.1, 0.15) is 25.8 Å². The first-order chi connectivity index (χ1) is 7.11. The number of hydrogen-bond acceptors (Lipinski definition) is 5. The minimum absolute atomic E-state index is 0.691. The maximum atomic E-state index is 4.15. The molecule has 0 aromatic carbocycles. The topological polar surface area (TPSA) is 41.1 Å². The fraction of sp³-hybridized carbons (Fsp3) is 0.800. The highest BCUT2D eigenvalue weighted by atomic mass is 32.1. The molecular weight excluding hydrogens is 208 g/mol. The van der Waals surface area contributed by atoms with Crippen molar-refractivity contribution >= 4 is 16.5 Å². The number of hydrogen-bond donors (Lipinski definition) is 1. The van der Waals surface area contributed by atoms with Crippen LogP contribution in [0, 0.1) is 5.92 Å². The smallest absolute Gasteiger partial charge is 0.205 e. The van der Waals surface area contributed by atoms with E-state index in [2.05, 4.69) is 48.2 Å². The van der Waals surface area contributed by atoms with Crippen LogP contribution in [0.2, 0.25) is 0 Å². The minimum atomic E-state index is 0.691. The molecule has 5 heteroatoms. The summed E-state index contributed by atoms with van der Waals surface area (Å²) in [7, 11) is 2.12. The average Bonchev–Trinajstić information content (AvgIpc) is 2.51. The van der Waals surface area contributed by atoms with E-state index in [1.807, 2.05) is 0 Å². The molecule has 86 valence electrons. The van der Waals surface area contributed by atoms with Crippen LogP contribution >= 0.6 is 11.3 Å². The molecule has 1 aromatic rings. The van der Waals surface area contributed by atoms with Gasteiger partial charge in [0.25, 0.3) is 0 Å². The Morgan fingerprint density at radius 1 is 1.40 bits per heavy atom. The molecule has 0 spiro atoms. The second-order valence-corrected chi connectivity index (χ2v) is 5.18. The molecule has 0 aliphatic heterocycles. The Bertz CT molecular complexity index is 285. The van der Waals surface area contributed by atoms with E-state index in [-0.39, 0.29) is 0 Å². The number of aromatic nitrogens is 2. The van der Waals surface area contributed by atoms with Crippen LogP contribution in [0.4, 0.5) is 5.13 Å². The molecule has 0 bridgehead atoms. The van der Waals surface area contributed by atoms with Crippen LogP contribution in [0.3, 0.4) is 0 Å². The van der Waals surface area contributed by atoms with Crippen molar-refractivity contribution < 1.29 is 0 Å². The van der Waals surface area contributed by atoms with Crippen LogP contribution in [-0.2, 0) is 6.54 Å². The van der Waals surface area contributed by atoms with Crippen LogP contribution in [0.25, 0.3) is 0 Å². The molecule has 0 saturated heterocycles. The van der Waals surface area contributed by atoms with Gasteiger partial charge in [0.05, 0.1) is 6.54 Å². The minimum Gasteiger partial charge on any atom is -0.360 e. The zero-order valence-electron chi connectivity index (χ0n) is 9.95. The van der Waals surface area contributed by atoms with Gasteiger partial charge >= 0.3 is 0 Å². The lowest BCUT2D eigenvalue weighted by molar-refractivity contribution is 0.287. The molecule has 1 heterocycles. The van der Waals surface area contributed by atoms with E-state index in [9.17, 15) is 0 Å². The van der Waals surface area contributed by atoms with E-state index in [1.54, 1.807) is 11.3 Å². The van der Waals surface area contributed by atoms with Gasteiger partial charge in [-0.1, -0.05) is 25.2 Å². The summed E-state index contributed by atoms with van der Waals surface area (Å²) in [5, 5.41) is 13.4. The lowest BCUT2D eigenvalue weighted by Gasteiger charge is -2.16. The van der Waals surface area contributed by atoms with Gasteiger partial charge in [0.15, 0.2) is 0 Å². The Balaban J connectivity index is 2.42. The maximum absolute atomic E-state index is 4.15. The summed E-state index contributed by atoms with van der Waals surface area (Å²) in [5.41, 5.74) is 0. The van der Waals surface area contributed by atoms with E-state index in [1.165, 1.54) is 0 Å². The highest BCUT2D eigenvalue weighted by Crippen LogP contribution is 2.16. The van der Waals surface area contributed by atoms with Crippen molar-refractivity contribution in [3.63, 3.8) is 0 Å². The SMILES string of the molecule is CCNc1nnc(CN(C)CC(C)C)s1. The summed E-state index contributed by atoms with van der Waals surface area (Å²) in [6.07, 6.45) is 0. The van der Waals surface area contributed by atoms with Gasteiger partial charge in [0.2, 0.25) is 5.13 Å². The third-order valence-corrected chi connectivity index (χ3v) is 2.74. The quantitative estimate of drug-likeness (QED) is 0.809. The zero-order chi connectivity index (χ0) is 11.3. The van der Waals surface area contributed by atoms with E-state index < -0.39 is 0 Å². The zero-order valence-corrected chi connectivity index (χ0v) is 10.8. The van der Waals surface area contributed by atoms with Crippen LogP contribution < -0.4 is 5.32 Å². The monoisotopic (exact) mass is 228 g/mol. The third-order valence-electron chi connectivity index (χ3n) is 1.88. The Morgan fingerprint density at radius 2 is 2.13 bits per heavy atom. The molecule has 0 aliphatic rings. The lowest BCUT2D eigenvalue weighted by Crippen LogP contribution is -2.22. The van der Waals surface area contributed by atoms with E-state index >= 15 is 0 Å². The predicted molar refractivity (Wildman–Crippen MR) is 65.2 cm³/mol. The largest absolute Gasteiger partial charge is 0.360 e. The van der Waals surface area contributed by atoms with Crippen molar-refractivity contribution in [2.24, 2.45) is 5.92 Å². The fourth-order valence-electron chi connectivity index (χ4n) is 1.46. The molecule has 1 aromatic heterocycles. The van der Waals surface area contributed by atoms with Crippen molar-refractivity contribution in [2.45, 2.75) is 27.3 Å². The van der Waals surface area contributed by atoms with Crippen molar-refractivity contribution in [2.75, 3.05) is 25.5 Å². The second-order valence-electron chi connectivity index (χ2n) is 4.12. The standard InChI is InChI=1S/C10H20N4S/c1-5-11-10-13-12-9(15-10)7-14(4)6-8(2)3/h8H,5-7H2,1-4H3,(H,11,13). The molecule has 0 aliphatic carbocycles. The number of nitrogens with zero attached hydrogens (tertiary/aromatic N) is 3. The van der Waals surface area contributed by atoms with Gasteiger partial charge in [-0.15, -0.1) is 10.2 Å². The van der Waals surface area contributed by atoms with Crippen LogP contribution in [0.15, 0.2) is 0 Å². The fourth-order valence-corrected chi connectivity index (χ4v) is 2.35. The second kappa shape index (κ2) is 6.02. The first-order valence-corrected chi connectivity index (χ1v) is 6.18. The molecule has 0 atom stereocenters. The van der Waals surface area contributed by atoms with Gasteiger partial charge in [-0.2, -0.15) is 0 Å². The number of anilines is 1. The highest BCUT2D eigenvalue weighted by molar-refractivity contribution is 7.15. The Morgan fingerprint density at radius 3 is 2.73 bits per heavy atom. The molecule has 0 fully saturated rings. The Kier molecular flexibility index (Phi) is 4.98. The molecule has 1 N–H and O–H groups in total. The Labute approximate surface area is 95.7 Å².